The number of rotatable bonds is 9. The summed E-state index contributed by atoms with van der Waals surface area (Å²) in [5, 5.41) is 2.62. The molecule has 0 heterocycles. The zero-order valence-corrected chi connectivity index (χ0v) is 16.6. The number of likely N-dealkylation sites (N-methyl/N-ethyl adjacent to an activating group) is 1. The molecule has 0 radical (unpaired) electrons. The van der Waals surface area contributed by atoms with Crippen molar-refractivity contribution in [3.63, 3.8) is 0 Å². The molecule has 0 unspecified atom stereocenters. The fraction of sp³-hybridized carbons (Fsp3) is 0.556. The van der Waals surface area contributed by atoms with Gasteiger partial charge in [0.15, 0.2) is 0 Å². The summed E-state index contributed by atoms with van der Waals surface area (Å²) in [6.45, 7) is 7.29. The average molecular weight is 386 g/mol. The number of carbonyl (C=O) groups excluding carboxylic acids is 2. The highest BCUT2D eigenvalue weighted by molar-refractivity contribution is 7.89. The van der Waals surface area contributed by atoms with E-state index < -0.39 is 33.8 Å². The van der Waals surface area contributed by atoms with E-state index in [-0.39, 0.29) is 16.7 Å². The van der Waals surface area contributed by atoms with E-state index in [1.807, 2.05) is 13.8 Å². The first-order valence-electron chi connectivity index (χ1n) is 8.50. The molecule has 2 atom stereocenters. The third kappa shape index (κ3) is 5.60. The summed E-state index contributed by atoms with van der Waals surface area (Å²) in [6, 6.07) is 2.74. The molecule has 0 aliphatic heterocycles. The summed E-state index contributed by atoms with van der Waals surface area (Å²) in [4.78, 5) is 23.8. The number of halogens is 1. The molecule has 1 amide bonds. The normalized spacial score (nSPS) is 14.5. The summed E-state index contributed by atoms with van der Waals surface area (Å²) in [6.07, 6.45) is 1.12. The Labute approximate surface area is 154 Å². The molecule has 1 N–H and O–H groups in total. The summed E-state index contributed by atoms with van der Waals surface area (Å²) >= 11 is 0. The highest BCUT2D eigenvalue weighted by Crippen LogP contribution is 2.21. The van der Waals surface area contributed by atoms with Crippen molar-refractivity contribution in [2.45, 2.75) is 51.1 Å². The number of nitrogens with zero attached hydrogens (tertiary/aromatic N) is 1. The van der Waals surface area contributed by atoms with E-state index in [2.05, 4.69) is 5.32 Å². The zero-order valence-electron chi connectivity index (χ0n) is 15.8. The highest BCUT2D eigenvalue weighted by Gasteiger charge is 2.35. The third-order valence-corrected chi connectivity index (χ3v) is 5.85. The molecule has 0 spiro atoms. The van der Waals surface area contributed by atoms with Crippen molar-refractivity contribution >= 4 is 22.2 Å². The van der Waals surface area contributed by atoms with Crippen LogP contribution in [0.3, 0.4) is 0 Å². The smallest absolute Gasteiger partial charge is 0.243 e. The van der Waals surface area contributed by atoms with Gasteiger partial charge in [0.05, 0.1) is 10.9 Å². The number of hydrogen-bond acceptors (Lipinski definition) is 4. The maximum Gasteiger partial charge on any atom is 0.243 e. The lowest BCUT2D eigenvalue weighted by Crippen LogP contribution is -2.53. The first-order valence-corrected chi connectivity index (χ1v) is 9.94. The van der Waals surface area contributed by atoms with Crippen molar-refractivity contribution in [2.24, 2.45) is 11.8 Å². The number of amides is 1. The van der Waals surface area contributed by atoms with Crippen LogP contribution in [-0.2, 0) is 19.6 Å². The molecule has 8 heteroatoms. The van der Waals surface area contributed by atoms with Gasteiger partial charge >= 0.3 is 0 Å². The van der Waals surface area contributed by atoms with Gasteiger partial charge in [-0.25, -0.2) is 12.8 Å². The molecule has 6 nitrogen and oxygen atoms in total. The van der Waals surface area contributed by atoms with Gasteiger partial charge in [-0.15, -0.1) is 0 Å². The van der Waals surface area contributed by atoms with Gasteiger partial charge in [-0.2, -0.15) is 4.31 Å². The molecule has 0 aliphatic rings. The summed E-state index contributed by atoms with van der Waals surface area (Å²) in [5.41, 5.74) is 0. The molecule has 0 saturated heterocycles. The van der Waals surface area contributed by atoms with Crippen molar-refractivity contribution < 1.29 is 22.4 Å². The Hall–Kier alpha value is -1.80. The molecule has 26 heavy (non-hydrogen) atoms. The van der Waals surface area contributed by atoms with Crippen LogP contribution in [0.15, 0.2) is 29.2 Å². The second-order valence-electron chi connectivity index (χ2n) is 7.04. The largest absolute Gasteiger partial charge is 0.345 e. The Morgan fingerprint density at radius 3 is 2.15 bits per heavy atom. The van der Waals surface area contributed by atoms with Crippen LogP contribution in [0.2, 0.25) is 0 Å². The Kier molecular flexibility index (Phi) is 7.89. The van der Waals surface area contributed by atoms with E-state index >= 15 is 0 Å². The van der Waals surface area contributed by atoms with Gasteiger partial charge in [-0.1, -0.05) is 27.7 Å². The Morgan fingerprint density at radius 1 is 1.19 bits per heavy atom. The van der Waals surface area contributed by atoms with Crippen LogP contribution in [0.5, 0.6) is 0 Å². The number of carbonyl (C=O) groups is 2. The lowest BCUT2D eigenvalue weighted by atomic mass is 10.0. The number of hydrogen-bond donors (Lipinski definition) is 1. The second-order valence-corrected chi connectivity index (χ2v) is 9.04. The molecule has 0 aromatic heterocycles. The van der Waals surface area contributed by atoms with Crippen molar-refractivity contribution in [1.29, 1.82) is 0 Å². The molecule has 1 aromatic carbocycles. The number of nitrogens with one attached hydrogen (secondary N) is 1. The standard InChI is InChI=1S/C18H27FN2O4S/c1-12(2)10-15(11-22)20-18(23)17(13(3)4)21(5)26(24,25)16-8-6-14(19)7-9-16/h6-9,11-13,15,17H,10H2,1-5H3,(H,20,23)/t15-,17-/m0/s1. The minimum atomic E-state index is -3.99. The van der Waals surface area contributed by atoms with Crippen molar-refractivity contribution in [3.05, 3.63) is 30.1 Å². The van der Waals surface area contributed by atoms with Crippen LogP contribution in [0.25, 0.3) is 0 Å². The van der Waals surface area contributed by atoms with Crippen molar-refractivity contribution in [1.82, 2.24) is 9.62 Å². The molecular weight excluding hydrogens is 359 g/mol. The maximum atomic E-state index is 13.1. The van der Waals surface area contributed by atoms with Crippen molar-refractivity contribution in [2.75, 3.05) is 7.05 Å². The van der Waals surface area contributed by atoms with E-state index in [0.29, 0.717) is 12.7 Å². The Bertz CT molecular complexity index is 717. The van der Waals surface area contributed by atoms with Gasteiger partial charge in [0.2, 0.25) is 15.9 Å². The predicted molar refractivity (Wildman–Crippen MR) is 97.4 cm³/mol. The minimum Gasteiger partial charge on any atom is -0.345 e. The minimum absolute atomic E-state index is 0.103. The molecule has 146 valence electrons. The average Bonchev–Trinajstić information content (AvgIpc) is 2.53. The van der Waals surface area contributed by atoms with E-state index in [1.165, 1.54) is 7.05 Å². The van der Waals surface area contributed by atoms with E-state index in [4.69, 9.17) is 0 Å². The number of sulfonamides is 1. The van der Waals surface area contributed by atoms with Gasteiger partial charge in [0.25, 0.3) is 0 Å². The van der Waals surface area contributed by atoms with E-state index in [9.17, 15) is 22.4 Å². The summed E-state index contributed by atoms with van der Waals surface area (Å²) < 4.78 is 39.6. The lowest BCUT2D eigenvalue weighted by Gasteiger charge is -2.30. The number of benzene rings is 1. The lowest BCUT2D eigenvalue weighted by molar-refractivity contribution is -0.128. The first-order chi connectivity index (χ1) is 12.0. The quantitative estimate of drug-likeness (QED) is 0.660. The maximum absolute atomic E-state index is 13.1. The van der Waals surface area contributed by atoms with Gasteiger partial charge in [0, 0.05) is 7.05 Å². The molecule has 0 aliphatic carbocycles. The topological polar surface area (TPSA) is 83.6 Å². The van der Waals surface area contributed by atoms with E-state index in [1.54, 1.807) is 13.8 Å². The fourth-order valence-corrected chi connectivity index (χ4v) is 4.19. The fourth-order valence-electron chi connectivity index (χ4n) is 2.73. The van der Waals surface area contributed by atoms with Crippen LogP contribution in [0, 0.1) is 17.7 Å². The van der Waals surface area contributed by atoms with Gasteiger partial charge in [-0.05, 0) is 42.5 Å². The predicted octanol–water partition coefficient (Wildman–Crippen LogP) is 2.20. The van der Waals surface area contributed by atoms with Crippen LogP contribution < -0.4 is 5.32 Å². The Balaban J connectivity index is 3.09. The zero-order chi connectivity index (χ0) is 20.1. The second kappa shape index (κ2) is 9.23. The SMILES string of the molecule is CC(C)C[C@@H](C=O)NC(=O)[C@H](C(C)C)N(C)S(=O)(=O)c1ccc(F)cc1. The highest BCUT2D eigenvalue weighted by atomic mass is 32.2. The molecule has 0 saturated carbocycles. The summed E-state index contributed by atoms with van der Waals surface area (Å²) in [5.74, 6) is -1.22. The van der Waals surface area contributed by atoms with Gasteiger partial charge in [0.1, 0.15) is 18.1 Å². The third-order valence-electron chi connectivity index (χ3n) is 4.00. The van der Waals surface area contributed by atoms with Gasteiger partial charge < -0.3 is 10.1 Å². The molecular formula is C18H27FN2O4S. The van der Waals surface area contributed by atoms with Gasteiger partial charge in [-0.3, -0.25) is 4.79 Å². The number of aldehydes is 1. The molecule has 0 bridgehead atoms. The molecule has 0 fully saturated rings. The Morgan fingerprint density at radius 2 is 1.73 bits per heavy atom. The van der Waals surface area contributed by atoms with Crippen LogP contribution >= 0.6 is 0 Å². The molecule has 1 rings (SSSR count). The van der Waals surface area contributed by atoms with Crippen LogP contribution in [-0.4, -0.2) is 44.0 Å². The van der Waals surface area contributed by atoms with Crippen LogP contribution in [0.4, 0.5) is 4.39 Å². The van der Waals surface area contributed by atoms with Crippen LogP contribution in [0.1, 0.15) is 34.1 Å². The van der Waals surface area contributed by atoms with Crippen molar-refractivity contribution in [3.8, 4) is 0 Å². The monoisotopic (exact) mass is 386 g/mol. The molecule has 1 aromatic rings. The summed E-state index contributed by atoms with van der Waals surface area (Å²) in [7, 11) is -2.69. The van der Waals surface area contributed by atoms with E-state index in [0.717, 1.165) is 28.6 Å². The first kappa shape index (κ1) is 22.2.